The highest BCUT2D eigenvalue weighted by molar-refractivity contribution is 7.52. The smallest absolute Gasteiger partial charge is 0.359 e. The van der Waals surface area contributed by atoms with Gasteiger partial charge < -0.3 is 34.7 Å². The van der Waals surface area contributed by atoms with Crippen molar-refractivity contribution in [2.75, 3.05) is 54.4 Å². The average Bonchev–Trinajstić information content (AvgIpc) is 2.76. The van der Waals surface area contributed by atoms with Crippen molar-refractivity contribution < 1.29 is 33.8 Å². The first-order valence-electron chi connectivity index (χ1n) is 13.5. The number of aliphatic hydroxyl groups is 2. The van der Waals surface area contributed by atoms with E-state index in [0.29, 0.717) is 11.0 Å². The van der Waals surface area contributed by atoms with Crippen molar-refractivity contribution in [3.63, 3.8) is 0 Å². The zero-order valence-corrected chi connectivity index (χ0v) is 24.1. The minimum Gasteiger partial charge on any atom is -0.395 e. The van der Waals surface area contributed by atoms with Gasteiger partial charge in [-0.3, -0.25) is 4.57 Å². The molecule has 0 aliphatic heterocycles. The predicted octanol–water partition coefficient (Wildman–Crippen LogP) is 4.29. The molecular weight excluding hydrogens is 469 g/mol. The molecular formula is C25H57N3O6P+. The van der Waals surface area contributed by atoms with Gasteiger partial charge in [0, 0.05) is 20.1 Å². The Kier molecular flexibility index (Phi) is 23.4. The van der Waals surface area contributed by atoms with E-state index in [9.17, 15) is 9.36 Å². The predicted molar refractivity (Wildman–Crippen MR) is 144 cm³/mol. The lowest BCUT2D eigenvalue weighted by molar-refractivity contribution is -0.872. The van der Waals surface area contributed by atoms with Crippen LogP contribution in [0.3, 0.4) is 0 Å². The molecule has 10 heteroatoms. The summed E-state index contributed by atoms with van der Waals surface area (Å²) in [7, 11) is 2.57. The van der Waals surface area contributed by atoms with Crippen LogP contribution in [0, 0.1) is 0 Å². The van der Waals surface area contributed by atoms with E-state index in [1.165, 1.54) is 83.5 Å². The van der Waals surface area contributed by atoms with Crippen molar-refractivity contribution in [3.8, 4) is 0 Å². The second kappa shape index (κ2) is 22.5. The number of carbonyl (C=O) groups excluding carboxylic acids is 1. The molecule has 0 aliphatic carbocycles. The number of urea groups is 1. The maximum Gasteiger partial charge on any atom is 0.359 e. The van der Waals surface area contributed by atoms with Crippen LogP contribution in [0.5, 0.6) is 0 Å². The van der Waals surface area contributed by atoms with E-state index in [2.05, 4.69) is 12.2 Å². The summed E-state index contributed by atoms with van der Waals surface area (Å²) in [5, 5.41) is 20.5. The molecule has 0 aliphatic rings. The van der Waals surface area contributed by atoms with Crippen LogP contribution in [0.1, 0.15) is 96.8 Å². The molecule has 0 aromatic carbocycles. The Bertz CT molecular complexity index is 540. The van der Waals surface area contributed by atoms with Gasteiger partial charge in [0.25, 0.3) is 0 Å². The molecule has 9 nitrogen and oxygen atoms in total. The molecule has 5 N–H and O–H groups in total. The van der Waals surface area contributed by atoms with Gasteiger partial charge in [-0.25, -0.2) is 4.79 Å². The van der Waals surface area contributed by atoms with E-state index in [1.54, 1.807) is 33.1 Å². The van der Waals surface area contributed by atoms with Crippen LogP contribution in [-0.4, -0.2) is 95.7 Å². The summed E-state index contributed by atoms with van der Waals surface area (Å²) in [6.07, 6.45) is 18.8. The lowest BCUT2D eigenvalue weighted by atomic mass is 10.0. The minimum absolute atomic E-state index is 0.0338. The maximum absolute atomic E-state index is 11.6. The number of hydrogen-bond donors (Lipinski definition) is 5. The van der Waals surface area contributed by atoms with Crippen LogP contribution in [0.25, 0.3) is 0 Å². The van der Waals surface area contributed by atoms with E-state index in [-0.39, 0.29) is 19.2 Å². The Balaban J connectivity index is 0. The van der Waals surface area contributed by atoms with Crippen molar-refractivity contribution >= 4 is 13.6 Å². The highest BCUT2D eigenvalue weighted by Gasteiger charge is 2.31. The molecule has 212 valence electrons. The third-order valence-corrected chi connectivity index (χ3v) is 6.69. The Morgan fingerprint density at radius 2 is 1.23 bits per heavy atom. The van der Waals surface area contributed by atoms with Crippen molar-refractivity contribution in [2.24, 2.45) is 0 Å². The van der Waals surface area contributed by atoms with E-state index in [4.69, 9.17) is 20.0 Å². The van der Waals surface area contributed by atoms with E-state index in [1.807, 2.05) is 0 Å². The SMILES string of the molecule is CCCCCCCCCCCCCCCCN(CCO)C(=O)NC.C[N+](C)(C)CC(O)P(=O)(O)O. The second-order valence-corrected chi connectivity index (χ2v) is 12.2. The molecule has 0 aromatic heterocycles. The Labute approximate surface area is 215 Å². The fraction of sp³-hybridized carbons (Fsp3) is 0.960. The van der Waals surface area contributed by atoms with E-state index >= 15 is 0 Å². The van der Waals surface area contributed by atoms with Gasteiger partial charge in [-0.1, -0.05) is 90.4 Å². The van der Waals surface area contributed by atoms with Crippen molar-refractivity contribution in [1.82, 2.24) is 10.2 Å². The molecule has 0 saturated carbocycles. The van der Waals surface area contributed by atoms with Gasteiger partial charge >= 0.3 is 13.6 Å². The topological polar surface area (TPSA) is 130 Å². The Hall–Kier alpha value is -0.700. The lowest BCUT2D eigenvalue weighted by Crippen LogP contribution is -2.41. The third kappa shape index (κ3) is 26.2. The highest BCUT2D eigenvalue weighted by atomic mass is 31.2. The number of carbonyl (C=O) groups is 1. The molecule has 0 radical (unpaired) electrons. The summed E-state index contributed by atoms with van der Waals surface area (Å²) in [5.41, 5.74) is 0. The maximum atomic E-state index is 11.6. The summed E-state index contributed by atoms with van der Waals surface area (Å²) < 4.78 is 10.8. The van der Waals surface area contributed by atoms with Crippen molar-refractivity contribution in [3.05, 3.63) is 0 Å². The number of unbranched alkanes of at least 4 members (excludes halogenated alkanes) is 13. The molecule has 1 unspecified atom stereocenters. The fourth-order valence-corrected chi connectivity index (χ4v) is 4.39. The number of nitrogens with one attached hydrogen (secondary N) is 1. The number of quaternary nitrogens is 1. The summed E-state index contributed by atoms with van der Waals surface area (Å²) in [6, 6.07) is -0.0845. The van der Waals surface area contributed by atoms with Crippen LogP contribution >= 0.6 is 7.60 Å². The molecule has 0 saturated heterocycles. The van der Waals surface area contributed by atoms with Crippen molar-refractivity contribution in [2.45, 2.75) is 103 Å². The molecule has 0 heterocycles. The molecule has 0 spiro atoms. The zero-order chi connectivity index (χ0) is 27.2. The van der Waals surface area contributed by atoms with E-state index in [0.717, 1.165) is 13.0 Å². The lowest BCUT2D eigenvalue weighted by Gasteiger charge is -2.26. The summed E-state index contributed by atoms with van der Waals surface area (Å²) in [4.78, 5) is 30.3. The number of nitrogens with zero attached hydrogens (tertiary/aromatic N) is 2. The molecule has 0 fully saturated rings. The highest BCUT2D eigenvalue weighted by Crippen LogP contribution is 2.39. The first-order valence-corrected chi connectivity index (χ1v) is 15.2. The van der Waals surface area contributed by atoms with Gasteiger partial charge in [0.2, 0.25) is 5.85 Å². The van der Waals surface area contributed by atoms with E-state index < -0.39 is 13.4 Å². The quantitative estimate of drug-likeness (QED) is 0.0914. The molecule has 1 atom stereocenters. The van der Waals surface area contributed by atoms with Gasteiger partial charge in [0.05, 0.1) is 27.7 Å². The molecule has 2 amide bonds. The van der Waals surface area contributed by atoms with Crippen LogP contribution in [0.15, 0.2) is 0 Å². The molecule has 35 heavy (non-hydrogen) atoms. The second-order valence-electron chi connectivity index (χ2n) is 10.4. The fourth-order valence-electron chi connectivity index (χ4n) is 3.69. The molecule has 0 rings (SSSR count). The third-order valence-electron chi connectivity index (χ3n) is 5.75. The Morgan fingerprint density at radius 1 is 0.829 bits per heavy atom. The molecule has 0 aromatic rings. The standard InChI is InChI=1S/C20H42N2O2.C5H14NO4P/c1-3-4-5-6-7-8-9-10-11-12-13-14-15-16-17-22(18-19-23)20(24)21-2;1-6(2,3)4-5(7)11(8,9)10/h23H,3-19H2,1-2H3,(H,21,24);5,7H,4H2,1-3H3,(H-,8,9,10)/p+1. The first kappa shape index (κ1) is 36.5. The summed E-state index contributed by atoms with van der Waals surface area (Å²) in [5.74, 6) is -1.55. The average molecular weight is 527 g/mol. The first-order chi connectivity index (χ1) is 16.4. The zero-order valence-electron chi connectivity index (χ0n) is 23.3. The normalized spacial score (nSPS) is 12.6. The van der Waals surface area contributed by atoms with Crippen molar-refractivity contribution in [1.29, 1.82) is 0 Å². The number of hydrogen-bond acceptors (Lipinski definition) is 4. The monoisotopic (exact) mass is 526 g/mol. The van der Waals surface area contributed by atoms with Crippen LogP contribution < -0.4 is 5.32 Å². The van der Waals surface area contributed by atoms with Gasteiger partial charge in [0.15, 0.2) is 0 Å². The Morgan fingerprint density at radius 3 is 1.51 bits per heavy atom. The largest absolute Gasteiger partial charge is 0.395 e. The van der Waals surface area contributed by atoms with Gasteiger partial charge in [-0.05, 0) is 6.42 Å². The van der Waals surface area contributed by atoms with Gasteiger partial charge in [0.1, 0.15) is 6.54 Å². The van der Waals surface area contributed by atoms with Gasteiger partial charge in [-0.2, -0.15) is 0 Å². The number of rotatable bonds is 20. The summed E-state index contributed by atoms with van der Waals surface area (Å²) in [6.45, 7) is 3.53. The van der Waals surface area contributed by atoms with Crippen LogP contribution in [0.2, 0.25) is 0 Å². The minimum atomic E-state index is -4.31. The molecule has 0 bridgehead atoms. The number of amides is 2. The van der Waals surface area contributed by atoms with Crippen LogP contribution in [0.4, 0.5) is 4.79 Å². The number of aliphatic hydroxyl groups excluding tert-OH is 2. The van der Waals surface area contributed by atoms with Crippen LogP contribution in [-0.2, 0) is 4.57 Å². The number of likely N-dealkylation sites (N-methyl/N-ethyl adjacent to an activating group) is 1. The summed E-state index contributed by atoms with van der Waals surface area (Å²) >= 11 is 0. The van der Waals surface area contributed by atoms with Gasteiger partial charge in [-0.15, -0.1) is 0 Å².